The fraction of sp³-hybridized carbons (Fsp3) is 0.474. The van der Waals surface area contributed by atoms with Crippen LogP contribution in [0.25, 0.3) is 10.9 Å². The number of carbonyl (C=O) groups is 1. The van der Waals surface area contributed by atoms with Crippen molar-refractivity contribution >= 4 is 16.9 Å². The van der Waals surface area contributed by atoms with E-state index < -0.39 is 28.6 Å². The lowest BCUT2D eigenvalue weighted by Gasteiger charge is -2.32. The summed E-state index contributed by atoms with van der Waals surface area (Å²) in [6.07, 6.45) is 2.76. The second kappa shape index (κ2) is 6.69. The van der Waals surface area contributed by atoms with Crippen LogP contribution in [0.4, 0.5) is 8.78 Å². The molecule has 1 saturated heterocycles. The molecule has 0 amide bonds. The van der Waals surface area contributed by atoms with Gasteiger partial charge in [-0.05, 0) is 26.0 Å². The normalized spacial score (nSPS) is 18.9. The van der Waals surface area contributed by atoms with Crippen molar-refractivity contribution in [2.75, 3.05) is 33.2 Å². The standard InChI is InChI=1S/C19H21F2N3O3/c1-22-4-6-23(7-5-22)9-13-15(20)8-12-17(16(13)21)24(11-2-3-11)10-14(18(12)25)19(26)27/h8,10-11H,2-7,9H2,1H3,(H,26,27). The van der Waals surface area contributed by atoms with E-state index in [0.717, 1.165) is 32.0 Å². The maximum absolute atomic E-state index is 15.3. The molecule has 6 nitrogen and oxygen atoms in total. The predicted molar refractivity (Wildman–Crippen MR) is 96.1 cm³/mol. The highest BCUT2D eigenvalue weighted by molar-refractivity contribution is 5.93. The molecule has 0 radical (unpaired) electrons. The number of carboxylic acid groups (broad SMARTS) is 1. The van der Waals surface area contributed by atoms with E-state index in [1.807, 2.05) is 11.9 Å². The Morgan fingerprint density at radius 2 is 1.89 bits per heavy atom. The van der Waals surface area contributed by atoms with Gasteiger partial charge in [-0.25, -0.2) is 13.6 Å². The Morgan fingerprint density at radius 3 is 2.48 bits per heavy atom. The minimum Gasteiger partial charge on any atom is -0.477 e. The topological polar surface area (TPSA) is 65.8 Å². The fourth-order valence-electron chi connectivity index (χ4n) is 3.65. The van der Waals surface area contributed by atoms with E-state index in [0.29, 0.717) is 13.1 Å². The molecule has 8 heteroatoms. The quantitative estimate of drug-likeness (QED) is 0.884. The number of aromatic carboxylic acids is 1. The van der Waals surface area contributed by atoms with Gasteiger partial charge in [0.25, 0.3) is 0 Å². The first-order valence-corrected chi connectivity index (χ1v) is 9.06. The van der Waals surface area contributed by atoms with Gasteiger partial charge in [0, 0.05) is 50.5 Å². The average Bonchev–Trinajstić information content (AvgIpc) is 3.46. The summed E-state index contributed by atoms with van der Waals surface area (Å²) in [5.41, 5.74) is -1.36. The number of benzene rings is 1. The monoisotopic (exact) mass is 377 g/mol. The Balaban J connectivity index is 1.85. The Hall–Kier alpha value is -2.32. The first kappa shape index (κ1) is 18.1. The van der Waals surface area contributed by atoms with Gasteiger partial charge in [-0.3, -0.25) is 9.69 Å². The maximum atomic E-state index is 15.3. The van der Waals surface area contributed by atoms with Gasteiger partial charge in [0.2, 0.25) is 5.43 Å². The van der Waals surface area contributed by atoms with E-state index in [2.05, 4.69) is 4.90 Å². The summed E-state index contributed by atoms with van der Waals surface area (Å²) in [6, 6.07) is 0.944. The van der Waals surface area contributed by atoms with Gasteiger partial charge in [0.1, 0.15) is 11.4 Å². The van der Waals surface area contributed by atoms with Gasteiger partial charge >= 0.3 is 5.97 Å². The number of rotatable bonds is 4. The number of hydrogen-bond acceptors (Lipinski definition) is 4. The molecule has 2 aliphatic rings. The summed E-state index contributed by atoms with van der Waals surface area (Å²) in [4.78, 5) is 28.0. The molecule has 0 spiro atoms. The van der Waals surface area contributed by atoms with Crippen molar-refractivity contribution in [3.05, 3.63) is 45.2 Å². The zero-order valence-electron chi connectivity index (χ0n) is 15.0. The summed E-state index contributed by atoms with van der Waals surface area (Å²) < 4.78 is 31.5. The van der Waals surface area contributed by atoms with Crippen molar-refractivity contribution in [1.29, 1.82) is 0 Å². The van der Waals surface area contributed by atoms with Crippen LogP contribution in [-0.2, 0) is 6.54 Å². The number of piperazine rings is 1. The molecular weight excluding hydrogens is 356 g/mol. The molecule has 144 valence electrons. The summed E-state index contributed by atoms with van der Waals surface area (Å²) in [5, 5.41) is 9.06. The molecule has 1 aliphatic heterocycles. The molecule has 1 saturated carbocycles. The van der Waals surface area contributed by atoms with Crippen molar-refractivity contribution in [1.82, 2.24) is 14.4 Å². The SMILES string of the molecule is CN1CCN(Cc2c(F)cc3c(=O)c(C(=O)O)cn(C4CC4)c3c2F)CC1. The molecule has 0 atom stereocenters. The highest BCUT2D eigenvalue weighted by Gasteiger charge is 2.30. The molecule has 0 bridgehead atoms. The third-order valence-electron chi connectivity index (χ3n) is 5.45. The summed E-state index contributed by atoms with van der Waals surface area (Å²) in [6.45, 7) is 3.19. The number of nitrogens with zero attached hydrogens (tertiary/aromatic N) is 3. The van der Waals surface area contributed by atoms with E-state index in [-0.39, 0.29) is 29.1 Å². The summed E-state index contributed by atoms with van der Waals surface area (Å²) in [7, 11) is 2.00. The molecule has 27 heavy (non-hydrogen) atoms. The number of hydrogen-bond donors (Lipinski definition) is 1. The van der Waals surface area contributed by atoms with E-state index in [9.17, 15) is 19.1 Å². The zero-order valence-corrected chi connectivity index (χ0v) is 15.0. The van der Waals surface area contributed by atoms with Crippen LogP contribution in [-0.4, -0.2) is 58.7 Å². The Bertz CT molecular complexity index is 977. The van der Waals surface area contributed by atoms with Crippen molar-refractivity contribution in [3.8, 4) is 0 Å². The van der Waals surface area contributed by atoms with Gasteiger partial charge in [-0.1, -0.05) is 0 Å². The van der Waals surface area contributed by atoms with E-state index >= 15 is 4.39 Å². The second-order valence-corrected chi connectivity index (χ2v) is 7.44. The Kier molecular flexibility index (Phi) is 4.47. The van der Waals surface area contributed by atoms with Gasteiger partial charge in [-0.15, -0.1) is 0 Å². The third-order valence-corrected chi connectivity index (χ3v) is 5.45. The largest absolute Gasteiger partial charge is 0.477 e. The average molecular weight is 377 g/mol. The van der Waals surface area contributed by atoms with Crippen LogP contribution >= 0.6 is 0 Å². The number of fused-ring (bicyclic) bond motifs is 1. The summed E-state index contributed by atoms with van der Waals surface area (Å²) >= 11 is 0. The lowest BCUT2D eigenvalue weighted by Crippen LogP contribution is -2.44. The highest BCUT2D eigenvalue weighted by Crippen LogP contribution is 2.38. The van der Waals surface area contributed by atoms with Crippen LogP contribution in [0.3, 0.4) is 0 Å². The van der Waals surface area contributed by atoms with Crippen LogP contribution in [0, 0.1) is 11.6 Å². The van der Waals surface area contributed by atoms with Crippen LogP contribution in [0.15, 0.2) is 17.1 Å². The lowest BCUT2D eigenvalue weighted by atomic mass is 10.1. The zero-order chi connectivity index (χ0) is 19.3. The smallest absolute Gasteiger partial charge is 0.341 e. The van der Waals surface area contributed by atoms with Gasteiger partial charge in [0.15, 0.2) is 5.82 Å². The predicted octanol–water partition coefficient (Wildman–Crippen LogP) is 2.06. The maximum Gasteiger partial charge on any atom is 0.341 e. The molecular formula is C19H21F2N3O3. The van der Waals surface area contributed by atoms with E-state index in [1.165, 1.54) is 10.8 Å². The number of pyridine rings is 1. The van der Waals surface area contributed by atoms with Crippen molar-refractivity contribution in [2.45, 2.75) is 25.4 Å². The van der Waals surface area contributed by atoms with Gasteiger partial charge in [-0.2, -0.15) is 0 Å². The second-order valence-electron chi connectivity index (χ2n) is 7.44. The number of halogens is 2. The number of carboxylic acids is 1. The van der Waals surface area contributed by atoms with Crippen molar-refractivity contribution < 1.29 is 18.7 Å². The van der Waals surface area contributed by atoms with Crippen molar-refractivity contribution in [3.63, 3.8) is 0 Å². The molecule has 1 aliphatic carbocycles. The lowest BCUT2D eigenvalue weighted by molar-refractivity contribution is 0.0695. The van der Waals surface area contributed by atoms with Crippen LogP contribution in [0.2, 0.25) is 0 Å². The molecule has 2 heterocycles. The molecule has 1 aromatic carbocycles. The Morgan fingerprint density at radius 1 is 1.22 bits per heavy atom. The fourth-order valence-corrected chi connectivity index (χ4v) is 3.65. The van der Waals surface area contributed by atoms with Crippen LogP contribution in [0.1, 0.15) is 34.8 Å². The van der Waals surface area contributed by atoms with Gasteiger partial charge in [0.05, 0.1) is 10.9 Å². The molecule has 2 aromatic rings. The Labute approximate surface area is 154 Å². The van der Waals surface area contributed by atoms with E-state index in [1.54, 1.807) is 0 Å². The first-order valence-electron chi connectivity index (χ1n) is 9.06. The summed E-state index contributed by atoms with van der Waals surface area (Å²) in [5.74, 6) is -2.95. The van der Waals surface area contributed by atoms with Crippen LogP contribution in [0.5, 0.6) is 0 Å². The molecule has 1 N–H and O–H groups in total. The minimum absolute atomic E-state index is 0.0121. The third kappa shape index (κ3) is 3.23. The minimum atomic E-state index is -1.39. The van der Waals surface area contributed by atoms with E-state index in [4.69, 9.17) is 0 Å². The molecule has 0 unspecified atom stereocenters. The number of likely N-dealkylation sites (N-methyl/N-ethyl adjacent to an activating group) is 1. The number of aromatic nitrogens is 1. The highest BCUT2D eigenvalue weighted by atomic mass is 19.1. The van der Waals surface area contributed by atoms with Crippen molar-refractivity contribution in [2.24, 2.45) is 0 Å². The van der Waals surface area contributed by atoms with Crippen LogP contribution < -0.4 is 5.43 Å². The molecule has 4 rings (SSSR count). The molecule has 1 aromatic heterocycles. The first-order chi connectivity index (χ1) is 12.9. The van der Waals surface area contributed by atoms with Gasteiger partial charge < -0.3 is 14.6 Å². The molecule has 2 fully saturated rings.